The smallest absolute Gasteiger partial charge is 0.151 e. The Kier molecular flexibility index (Phi) is 4.75. The fourth-order valence-electron chi connectivity index (χ4n) is 1.06. The Labute approximate surface area is 75.1 Å². The Morgan fingerprint density at radius 2 is 1.83 bits per heavy atom. The van der Waals surface area contributed by atoms with E-state index < -0.39 is 6.29 Å². The molecule has 2 atom stereocenters. The van der Waals surface area contributed by atoms with Crippen LogP contribution in [0.15, 0.2) is 0 Å². The van der Waals surface area contributed by atoms with Crippen molar-refractivity contribution in [2.75, 3.05) is 6.61 Å². The van der Waals surface area contributed by atoms with Crippen LogP contribution in [0.2, 0.25) is 0 Å². The predicted octanol–water partition coefficient (Wildman–Crippen LogP) is 1.12. The Morgan fingerprint density at radius 3 is 2.17 bits per heavy atom. The molecule has 0 rings (SSSR count). The molecule has 3 nitrogen and oxygen atoms in total. The van der Waals surface area contributed by atoms with E-state index in [9.17, 15) is 0 Å². The highest BCUT2D eigenvalue weighted by Crippen LogP contribution is 2.01. The third-order valence-electron chi connectivity index (χ3n) is 1.27. The summed E-state index contributed by atoms with van der Waals surface area (Å²) in [4.78, 5) is 0. The molecule has 0 aliphatic rings. The molecule has 0 saturated heterocycles. The van der Waals surface area contributed by atoms with Crippen LogP contribution >= 0.6 is 0 Å². The van der Waals surface area contributed by atoms with Crippen molar-refractivity contribution in [1.29, 1.82) is 0 Å². The van der Waals surface area contributed by atoms with Gasteiger partial charge in [0.05, 0.1) is 6.61 Å². The Bertz CT molecular complexity index is 118. The average Bonchev–Trinajstić information content (AvgIpc) is 1.79. The SMILES string of the molecule is CC(COC(C)O)NC(C)(C)C. The number of nitrogens with one attached hydrogen (secondary N) is 1. The molecule has 0 heterocycles. The molecule has 0 bridgehead atoms. The summed E-state index contributed by atoms with van der Waals surface area (Å²) in [5.41, 5.74) is 0.0987. The molecule has 74 valence electrons. The van der Waals surface area contributed by atoms with Gasteiger partial charge in [0.2, 0.25) is 0 Å². The summed E-state index contributed by atoms with van der Waals surface area (Å²) in [6, 6.07) is 0.264. The topological polar surface area (TPSA) is 41.5 Å². The van der Waals surface area contributed by atoms with Gasteiger partial charge in [-0.15, -0.1) is 0 Å². The molecule has 12 heavy (non-hydrogen) atoms. The van der Waals surface area contributed by atoms with Crippen LogP contribution in [0.1, 0.15) is 34.6 Å². The molecule has 3 heteroatoms. The molecule has 2 unspecified atom stereocenters. The van der Waals surface area contributed by atoms with Gasteiger partial charge in [-0.25, -0.2) is 0 Å². The van der Waals surface area contributed by atoms with Crippen LogP contribution in [0.25, 0.3) is 0 Å². The van der Waals surface area contributed by atoms with Gasteiger partial charge in [-0.1, -0.05) is 0 Å². The van der Waals surface area contributed by atoms with Crippen molar-refractivity contribution < 1.29 is 9.84 Å². The molecule has 0 aliphatic heterocycles. The minimum Gasteiger partial charge on any atom is -0.368 e. The van der Waals surface area contributed by atoms with Gasteiger partial charge in [0, 0.05) is 11.6 Å². The van der Waals surface area contributed by atoms with Gasteiger partial charge in [-0.3, -0.25) is 0 Å². The van der Waals surface area contributed by atoms with Crippen LogP contribution in [0.4, 0.5) is 0 Å². The van der Waals surface area contributed by atoms with Crippen molar-refractivity contribution in [3.05, 3.63) is 0 Å². The first-order valence-corrected chi connectivity index (χ1v) is 4.38. The van der Waals surface area contributed by atoms with Crippen molar-refractivity contribution in [1.82, 2.24) is 5.32 Å². The lowest BCUT2D eigenvalue weighted by molar-refractivity contribution is -0.0913. The van der Waals surface area contributed by atoms with Crippen LogP contribution < -0.4 is 5.32 Å². The third kappa shape index (κ3) is 7.98. The molecule has 0 aliphatic carbocycles. The van der Waals surface area contributed by atoms with Crippen molar-refractivity contribution in [2.45, 2.75) is 52.5 Å². The summed E-state index contributed by atoms with van der Waals surface area (Å²) in [6.45, 7) is 10.5. The minimum atomic E-state index is -0.672. The Hall–Kier alpha value is -0.120. The monoisotopic (exact) mass is 175 g/mol. The molecule has 0 saturated carbocycles. The first-order valence-electron chi connectivity index (χ1n) is 4.38. The Morgan fingerprint density at radius 1 is 1.33 bits per heavy atom. The molecule has 0 radical (unpaired) electrons. The summed E-state index contributed by atoms with van der Waals surface area (Å²) in [6.07, 6.45) is -0.672. The fourth-order valence-corrected chi connectivity index (χ4v) is 1.06. The summed E-state index contributed by atoms with van der Waals surface area (Å²) in [5.74, 6) is 0. The summed E-state index contributed by atoms with van der Waals surface area (Å²) >= 11 is 0. The molecule has 0 aromatic rings. The zero-order chi connectivity index (χ0) is 9.78. The third-order valence-corrected chi connectivity index (χ3v) is 1.27. The maximum atomic E-state index is 8.85. The van der Waals surface area contributed by atoms with Crippen LogP contribution in [0.3, 0.4) is 0 Å². The van der Waals surface area contributed by atoms with Crippen molar-refractivity contribution >= 4 is 0 Å². The number of aliphatic hydroxyl groups excluding tert-OH is 1. The molecular formula is C9H21NO2. The Balaban J connectivity index is 3.53. The first kappa shape index (κ1) is 11.9. The molecule has 0 amide bonds. The second kappa shape index (κ2) is 4.80. The van der Waals surface area contributed by atoms with E-state index in [2.05, 4.69) is 26.1 Å². The maximum Gasteiger partial charge on any atom is 0.151 e. The maximum absolute atomic E-state index is 8.85. The van der Waals surface area contributed by atoms with Gasteiger partial charge < -0.3 is 15.2 Å². The second-order valence-corrected chi connectivity index (χ2v) is 4.23. The summed E-state index contributed by atoms with van der Waals surface area (Å²) < 4.78 is 5.04. The quantitative estimate of drug-likeness (QED) is 0.629. The van der Waals surface area contributed by atoms with Gasteiger partial charge in [-0.05, 0) is 34.6 Å². The average molecular weight is 175 g/mol. The zero-order valence-electron chi connectivity index (χ0n) is 8.72. The number of aliphatic hydroxyl groups is 1. The van der Waals surface area contributed by atoms with Gasteiger partial charge >= 0.3 is 0 Å². The van der Waals surface area contributed by atoms with Gasteiger partial charge in [0.25, 0.3) is 0 Å². The molecule has 0 aromatic heterocycles. The highest BCUT2D eigenvalue weighted by atomic mass is 16.6. The number of ether oxygens (including phenoxy) is 1. The van der Waals surface area contributed by atoms with Crippen molar-refractivity contribution in [2.24, 2.45) is 0 Å². The van der Waals surface area contributed by atoms with Crippen LogP contribution in [-0.2, 0) is 4.74 Å². The second-order valence-electron chi connectivity index (χ2n) is 4.23. The fraction of sp³-hybridized carbons (Fsp3) is 1.00. The highest BCUT2D eigenvalue weighted by molar-refractivity contribution is 4.74. The van der Waals surface area contributed by atoms with E-state index in [1.165, 1.54) is 0 Å². The summed E-state index contributed by atoms with van der Waals surface area (Å²) in [5, 5.41) is 12.2. The van der Waals surface area contributed by atoms with Crippen molar-refractivity contribution in [3.63, 3.8) is 0 Å². The normalized spacial score (nSPS) is 17.5. The van der Waals surface area contributed by atoms with E-state index in [4.69, 9.17) is 9.84 Å². The number of hydrogen-bond acceptors (Lipinski definition) is 3. The molecule has 2 N–H and O–H groups in total. The lowest BCUT2D eigenvalue weighted by atomic mass is 10.1. The lowest BCUT2D eigenvalue weighted by Crippen LogP contribution is -2.44. The lowest BCUT2D eigenvalue weighted by Gasteiger charge is -2.26. The van der Waals surface area contributed by atoms with Crippen LogP contribution in [0, 0.1) is 0 Å². The largest absolute Gasteiger partial charge is 0.368 e. The number of rotatable bonds is 4. The van der Waals surface area contributed by atoms with Crippen molar-refractivity contribution in [3.8, 4) is 0 Å². The highest BCUT2D eigenvalue weighted by Gasteiger charge is 2.13. The van der Waals surface area contributed by atoms with E-state index >= 15 is 0 Å². The molecule has 0 spiro atoms. The van der Waals surface area contributed by atoms with Gasteiger partial charge in [0.15, 0.2) is 6.29 Å². The van der Waals surface area contributed by atoms with E-state index in [0.717, 1.165) is 0 Å². The summed E-state index contributed by atoms with van der Waals surface area (Å²) in [7, 11) is 0. The minimum absolute atomic E-state index is 0.0987. The molecule has 0 aromatic carbocycles. The van der Waals surface area contributed by atoms with E-state index in [-0.39, 0.29) is 11.6 Å². The van der Waals surface area contributed by atoms with Crippen LogP contribution in [0.5, 0.6) is 0 Å². The van der Waals surface area contributed by atoms with E-state index in [0.29, 0.717) is 6.61 Å². The number of hydrogen-bond donors (Lipinski definition) is 2. The standard InChI is InChI=1S/C9H21NO2/c1-7(6-12-8(2)11)10-9(3,4)5/h7-8,10-11H,6H2,1-5H3. The van der Waals surface area contributed by atoms with Gasteiger partial charge in [0.1, 0.15) is 0 Å². The predicted molar refractivity (Wildman–Crippen MR) is 50.0 cm³/mol. The van der Waals surface area contributed by atoms with Gasteiger partial charge in [-0.2, -0.15) is 0 Å². The molecular weight excluding hydrogens is 154 g/mol. The van der Waals surface area contributed by atoms with E-state index in [1.54, 1.807) is 6.92 Å². The van der Waals surface area contributed by atoms with E-state index in [1.807, 2.05) is 6.92 Å². The molecule has 0 fully saturated rings. The first-order chi connectivity index (χ1) is 5.31. The zero-order valence-corrected chi connectivity index (χ0v) is 8.72. The van der Waals surface area contributed by atoms with Crippen LogP contribution in [-0.4, -0.2) is 29.6 Å².